The number of aromatic nitrogens is 2. The topological polar surface area (TPSA) is 66.4 Å². The highest BCUT2D eigenvalue weighted by Gasteiger charge is 2.33. The molecule has 0 aromatic carbocycles. The first-order valence-corrected chi connectivity index (χ1v) is 12.0. The van der Waals surface area contributed by atoms with Gasteiger partial charge in [-0.05, 0) is 40.9 Å². The minimum Gasteiger partial charge on any atom is -0.355 e. The van der Waals surface area contributed by atoms with Gasteiger partial charge in [0.2, 0.25) is 10.0 Å². The van der Waals surface area contributed by atoms with Crippen LogP contribution in [0.25, 0.3) is 22.0 Å². The molecule has 11 heteroatoms. The van der Waals surface area contributed by atoms with Crippen molar-refractivity contribution in [2.75, 3.05) is 37.3 Å². The van der Waals surface area contributed by atoms with E-state index in [0.29, 0.717) is 49.4 Å². The summed E-state index contributed by atoms with van der Waals surface area (Å²) in [7, 11) is -3.31. The normalized spacial score (nSPS) is 16.7. The van der Waals surface area contributed by atoms with Gasteiger partial charge in [0, 0.05) is 43.3 Å². The number of pyridine rings is 2. The van der Waals surface area contributed by atoms with Crippen LogP contribution in [0.2, 0.25) is 0 Å². The molecule has 4 rings (SSSR count). The van der Waals surface area contributed by atoms with Crippen LogP contribution in [0.15, 0.2) is 35.2 Å². The summed E-state index contributed by atoms with van der Waals surface area (Å²) >= 11 is 1.44. The fourth-order valence-electron chi connectivity index (χ4n) is 3.58. The van der Waals surface area contributed by atoms with Crippen LogP contribution in [0.3, 0.4) is 0 Å². The fourth-order valence-corrected chi connectivity index (χ4v) is 5.11. The van der Waals surface area contributed by atoms with Gasteiger partial charge >= 0.3 is 6.18 Å². The van der Waals surface area contributed by atoms with E-state index in [1.807, 2.05) is 21.7 Å². The first-order chi connectivity index (χ1) is 14.1. The molecule has 0 amide bonds. The van der Waals surface area contributed by atoms with Crippen molar-refractivity contribution in [3.8, 4) is 11.1 Å². The lowest BCUT2D eigenvalue weighted by molar-refractivity contribution is -0.140. The van der Waals surface area contributed by atoms with Crippen molar-refractivity contribution in [1.29, 1.82) is 0 Å². The molecule has 160 valence electrons. The van der Waals surface area contributed by atoms with Crippen LogP contribution in [0.4, 0.5) is 19.0 Å². The van der Waals surface area contributed by atoms with Crippen molar-refractivity contribution in [2.24, 2.45) is 0 Å². The van der Waals surface area contributed by atoms with Gasteiger partial charge < -0.3 is 4.90 Å². The second-order valence-electron chi connectivity index (χ2n) is 7.10. The molecule has 3 aromatic rings. The molecule has 0 radical (unpaired) electrons. The molecule has 0 atom stereocenters. The second kappa shape index (κ2) is 7.78. The lowest BCUT2D eigenvalue weighted by atomic mass is 10.1. The maximum Gasteiger partial charge on any atom is 0.433 e. The maximum absolute atomic E-state index is 13.3. The molecule has 0 saturated carbocycles. The van der Waals surface area contributed by atoms with E-state index < -0.39 is 21.9 Å². The van der Waals surface area contributed by atoms with Crippen molar-refractivity contribution in [2.45, 2.75) is 12.6 Å². The van der Waals surface area contributed by atoms with Gasteiger partial charge in [-0.1, -0.05) is 0 Å². The third-order valence-corrected chi connectivity index (χ3v) is 7.04. The largest absolute Gasteiger partial charge is 0.433 e. The van der Waals surface area contributed by atoms with Crippen LogP contribution in [0, 0.1) is 0 Å². The Labute approximate surface area is 176 Å². The van der Waals surface area contributed by atoms with Gasteiger partial charge in [0.1, 0.15) is 11.5 Å². The smallest absolute Gasteiger partial charge is 0.355 e. The Morgan fingerprint density at radius 2 is 1.90 bits per heavy atom. The third-order valence-electron chi connectivity index (χ3n) is 5.05. The van der Waals surface area contributed by atoms with E-state index in [0.717, 1.165) is 11.6 Å². The van der Waals surface area contributed by atoms with Gasteiger partial charge in [-0.2, -0.15) is 24.5 Å². The van der Waals surface area contributed by atoms with E-state index in [1.54, 1.807) is 6.20 Å². The number of anilines is 1. The van der Waals surface area contributed by atoms with Gasteiger partial charge in [-0.3, -0.25) is 0 Å². The molecule has 0 unspecified atom stereocenters. The number of rotatable bonds is 3. The summed E-state index contributed by atoms with van der Waals surface area (Å²) in [4.78, 5) is 10.4. The highest BCUT2D eigenvalue weighted by Crippen LogP contribution is 2.36. The average molecular weight is 457 g/mol. The highest BCUT2D eigenvalue weighted by molar-refractivity contribution is 7.88. The van der Waals surface area contributed by atoms with Crippen LogP contribution in [0.1, 0.15) is 12.1 Å². The molecule has 0 aliphatic carbocycles. The third kappa shape index (κ3) is 4.14. The highest BCUT2D eigenvalue weighted by atomic mass is 32.2. The Morgan fingerprint density at radius 3 is 2.57 bits per heavy atom. The van der Waals surface area contributed by atoms with E-state index in [9.17, 15) is 21.6 Å². The SMILES string of the molecule is CS(=O)(=O)N1CCCN(c2ncc(-c3ccsc3)c3nc(C(F)(F)F)ccc23)CC1. The van der Waals surface area contributed by atoms with Gasteiger partial charge in [-0.15, -0.1) is 0 Å². The monoisotopic (exact) mass is 456 g/mol. The van der Waals surface area contributed by atoms with Gasteiger partial charge in [0.15, 0.2) is 0 Å². The first kappa shape index (κ1) is 21.0. The zero-order valence-corrected chi connectivity index (χ0v) is 17.7. The molecule has 1 fully saturated rings. The summed E-state index contributed by atoms with van der Waals surface area (Å²) in [5.41, 5.74) is 0.573. The summed E-state index contributed by atoms with van der Waals surface area (Å²) < 4.78 is 65.1. The molecule has 1 aliphatic heterocycles. The summed E-state index contributed by atoms with van der Waals surface area (Å²) in [5.74, 6) is 0.514. The summed E-state index contributed by atoms with van der Waals surface area (Å²) in [5, 5.41) is 4.20. The summed E-state index contributed by atoms with van der Waals surface area (Å²) in [6.45, 7) is 1.64. The number of hydrogen-bond donors (Lipinski definition) is 0. The van der Waals surface area contributed by atoms with E-state index in [1.165, 1.54) is 28.0 Å². The number of halogens is 3. The van der Waals surface area contributed by atoms with E-state index in [2.05, 4.69) is 9.97 Å². The van der Waals surface area contributed by atoms with Gasteiger partial charge in [0.25, 0.3) is 0 Å². The van der Waals surface area contributed by atoms with Gasteiger partial charge in [-0.25, -0.2) is 22.7 Å². The average Bonchev–Trinajstić information content (AvgIpc) is 3.09. The van der Waals surface area contributed by atoms with Crippen LogP contribution in [0.5, 0.6) is 0 Å². The number of sulfonamides is 1. The maximum atomic E-state index is 13.3. The Bertz CT molecular complexity index is 1160. The van der Waals surface area contributed by atoms with Crippen molar-refractivity contribution >= 4 is 38.1 Å². The zero-order valence-electron chi connectivity index (χ0n) is 16.1. The lowest BCUT2D eigenvalue weighted by Crippen LogP contribution is -2.34. The molecule has 1 aliphatic rings. The molecular weight excluding hydrogens is 437 g/mol. The van der Waals surface area contributed by atoms with E-state index in [-0.39, 0.29) is 5.52 Å². The van der Waals surface area contributed by atoms with E-state index >= 15 is 0 Å². The van der Waals surface area contributed by atoms with Crippen LogP contribution < -0.4 is 4.90 Å². The van der Waals surface area contributed by atoms with Crippen LogP contribution in [-0.4, -0.2) is 55.1 Å². The number of nitrogens with zero attached hydrogens (tertiary/aromatic N) is 4. The molecule has 1 saturated heterocycles. The van der Waals surface area contributed by atoms with Crippen molar-refractivity contribution in [1.82, 2.24) is 14.3 Å². The molecule has 0 spiro atoms. The summed E-state index contributed by atoms with van der Waals surface area (Å²) in [6, 6.07) is 4.19. The quantitative estimate of drug-likeness (QED) is 0.599. The molecule has 30 heavy (non-hydrogen) atoms. The molecule has 0 N–H and O–H groups in total. The minimum atomic E-state index is -4.55. The molecule has 3 aromatic heterocycles. The van der Waals surface area contributed by atoms with Crippen LogP contribution >= 0.6 is 11.3 Å². The minimum absolute atomic E-state index is 0.234. The first-order valence-electron chi connectivity index (χ1n) is 9.24. The Morgan fingerprint density at radius 1 is 1.10 bits per heavy atom. The summed E-state index contributed by atoms with van der Waals surface area (Å²) in [6.07, 6.45) is -1.24. The number of fused-ring (bicyclic) bond motifs is 1. The standard InChI is InChI=1S/C19H19F3N4O2S2/c1-30(27,28)26-7-2-6-25(8-9-26)18-14-3-4-16(19(20,21)22)24-17(14)15(11-23-18)13-5-10-29-12-13/h3-5,10-12H,2,6-9H2,1H3. The zero-order chi connectivity index (χ0) is 21.5. The molecule has 6 nitrogen and oxygen atoms in total. The Kier molecular flexibility index (Phi) is 5.45. The van der Waals surface area contributed by atoms with Gasteiger partial charge in [0.05, 0.1) is 11.8 Å². The molecule has 4 heterocycles. The fraction of sp³-hybridized carbons (Fsp3) is 0.368. The molecule has 0 bridgehead atoms. The van der Waals surface area contributed by atoms with Crippen molar-refractivity contribution in [3.05, 3.63) is 40.8 Å². The predicted molar refractivity (Wildman–Crippen MR) is 111 cm³/mol. The van der Waals surface area contributed by atoms with Crippen molar-refractivity contribution in [3.63, 3.8) is 0 Å². The predicted octanol–water partition coefficient (Wildman–Crippen LogP) is 3.85. The second-order valence-corrected chi connectivity index (χ2v) is 9.86. The lowest BCUT2D eigenvalue weighted by Gasteiger charge is -2.24. The number of thiophene rings is 1. The number of alkyl halides is 3. The Hall–Kier alpha value is -2.24. The Balaban J connectivity index is 1.81. The van der Waals surface area contributed by atoms with Crippen molar-refractivity contribution < 1.29 is 21.6 Å². The van der Waals surface area contributed by atoms with E-state index in [4.69, 9.17) is 0 Å². The number of hydrogen-bond acceptors (Lipinski definition) is 6. The molecular formula is C19H19F3N4O2S2. The van der Waals surface area contributed by atoms with Crippen LogP contribution in [-0.2, 0) is 16.2 Å².